The topological polar surface area (TPSA) is 244 Å². The molecule has 3 rings (SSSR count). The van der Waals surface area contributed by atoms with Gasteiger partial charge in [-0.1, -0.05) is 36.7 Å². The Labute approximate surface area is 382 Å². The van der Waals surface area contributed by atoms with Gasteiger partial charge in [-0.3, -0.25) is 25.0 Å². The van der Waals surface area contributed by atoms with Gasteiger partial charge in [0.1, 0.15) is 30.5 Å². The van der Waals surface area contributed by atoms with Gasteiger partial charge in [0.15, 0.2) is 6.10 Å². The van der Waals surface area contributed by atoms with Crippen molar-refractivity contribution in [3.05, 3.63) is 92.0 Å². The number of anilines is 1. The number of nitro benzene ring substituents is 1. The number of nitro groups is 1. The number of alkyl halides is 4. The van der Waals surface area contributed by atoms with E-state index >= 15 is 0 Å². The molecule has 0 aromatic heterocycles. The van der Waals surface area contributed by atoms with E-state index in [9.17, 15) is 51.9 Å². The van der Waals surface area contributed by atoms with Gasteiger partial charge in [-0.25, -0.2) is 9.59 Å². The zero-order chi connectivity index (χ0) is 49.5. The van der Waals surface area contributed by atoms with Gasteiger partial charge in [-0.15, -0.1) is 11.6 Å². The van der Waals surface area contributed by atoms with E-state index in [0.29, 0.717) is 23.6 Å². The van der Waals surface area contributed by atoms with Gasteiger partial charge >= 0.3 is 24.1 Å². The van der Waals surface area contributed by atoms with Crippen molar-refractivity contribution in [3.8, 4) is 11.5 Å². The lowest BCUT2D eigenvalue weighted by atomic mass is 10.0. The highest BCUT2D eigenvalue weighted by molar-refractivity contribution is 7.94. The number of carbonyl (C=O) groups excluding carboxylic acids is 3. The fourth-order valence-corrected chi connectivity index (χ4v) is 5.69. The molecular weight excluding hydrogens is 937 g/mol. The van der Waals surface area contributed by atoms with Gasteiger partial charge in [0, 0.05) is 19.2 Å². The van der Waals surface area contributed by atoms with Crippen molar-refractivity contribution in [3.63, 3.8) is 0 Å². The van der Waals surface area contributed by atoms with Crippen LogP contribution in [0.4, 0.5) is 24.5 Å². The van der Waals surface area contributed by atoms with Crippen LogP contribution in [0.5, 0.6) is 11.5 Å². The number of para-hydroxylation sites is 1. The maximum absolute atomic E-state index is 12.8. The average molecular weight is 991 g/mol. The number of amides is 1. The van der Waals surface area contributed by atoms with Gasteiger partial charge in [-0.2, -0.15) is 13.2 Å². The van der Waals surface area contributed by atoms with Crippen LogP contribution >= 0.6 is 30.8 Å². The van der Waals surface area contributed by atoms with Crippen molar-refractivity contribution in [2.24, 2.45) is 0 Å². The minimum absolute atomic E-state index is 0.0223. The zero-order valence-corrected chi connectivity index (χ0v) is 39.7. The molecule has 1 amide bonds. The second-order valence-electron chi connectivity index (χ2n) is 13.5. The molecule has 0 heterocycles. The van der Waals surface area contributed by atoms with Gasteiger partial charge < -0.3 is 43.3 Å². The van der Waals surface area contributed by atoms with E-state index in [1.807, 2.05) is 31.3 Å². The van der Waals surface area contributed by atoms with Gasteiger partial charge in [-0.05, 0) is 80.4 Å². The van der Waals surface area contributed by atoms with Crippen LogP contribution in [0, 0.1) is 17.0 Å². The number of ether oxygens (including phenoxy) is 4. The van der Waals surface area contributed by atoms with Crippen LogP contribution in [0.15, 0.2) is 54.6 Å². The minimum Gasteiger partial charge on any atom is -0.778 e. The molecule has 64 heavy (non-hydrogen) atoms. The summed E-state index contributed by atoms with van der Waals surface area (Å²) in [5.74, 6) is -3.64. The molecule has 17 nitrogen and oxygen atoms in total. The van der Waals surface area contributed by atoms with Crippen LogP contribution in [0.1, 0.15) is 54.7 Å². The molecule has 24 heteroatoms. The molecule has 3 N–H and O–H groups in total. The third-order valence-corrected chi connectivity index (χ3v) is 8.68. The lowest BCUT2D eigenvalue weighted by molar-refractivity contribution is -0.385. The second-order valence-corrected chi connectivity index (χ2v) is 18.2. The van der Waals surface area contributed by atoms with Gasteiger partial charge in [0.2, 0.25) is 5.91 Å². The standard InChI is InChI=1S/C19H15ClF3NO7.C15H22ClNO2.C3H8NO5P.C3H9S/c1-3-29-17(25)10(2)30-18(26)13-9-12(5-6-15(13)24(27)28)31-16-7-4-11(8-14(16)20)19(21,22)23;1-5-13-8-6-7-11(2)15(13)17(14(18)9-16)12(3)10-19-4;5-3(6)1-4-2-10(7,8)9;1-4(2)3/h4-10H,3H2,1-2H3;6-8,12H,5,9-10H2,1-4H3;4H,1-2H2,(H,5,6)(H2,7,8,9);1-3H3/q;;;+1/p-1. The van der Waals surface area contributed by atoms with Gasteiger partial charge in [0.05, 0.1) is 72.1 Å². The molecule has 3 aromatic rings. The van der Waals surface area contributed by atoms with Crippen molar-refractivity contribution < 1.29 is 75.7 Å². The largest absolute Gasteiger partial charge is 0.778 e. The van der Waals surface area contributed by atoms with Crippen molar-refractivity contribution in [1.29, 1.82) is 0 Å². The molecule has 0 bridgehead atoms. The highest BCUT2D eigenvalue weighted by Gasteiger charge is 2.32. The average Bonchev–Trinajstić information content (AvgIpc) is 3.18. The lowest BCUT2D eigenvalue weighted by Crippen LogP contribution is -2.43. The van der Waals surface area contributed by atoms with Crippen molar-refractivity contribution >= 4 is 76.9 Å². The Kier molecular flexibility index (Phi) is 27.1. The van der Waals surface area contributed by atoms with Crippen molar-refractivity contribution in [2.75, 3.05) is 62.7 Å². The maximum Gasteiger partial charge on any atom is 0.416 e. The number of nitrogens with zero attached hydrogens (tertiary/aromatic N) is 2. The highest BCUT2D eigenvalue weighted by Crippen LogP contribution is 2.37. The summed E-state index contributed by atoms with van der Waals surface area (Å²) < 4.78 is 68.3. The maximum atomic E-state index is 12.8. The summed E-state index contributed by atoms with van der Waals surface area (Å²) in [4.78, 5) is 76.1. The number of halogens is 5. The molecule has 0 aliphatic carbocycles. The zero-order valence-electron chi connectivity index (χ0n) is 36.5. The first-order chi connectivity index (χ1) is 29.6. The molecule has 0 radical (unpaired) electrons. The molecular formula is C40H53Cl2F3N3O14PS. The van der Waals surface area contributed by atoms with Crippen molar-refractivity contribution in [2.45, 2.75) is 59.4 Å². The Morgan fingerprint density at radius 1 is 1.05 bits per heavy atom. The minimum atomic E-state index is -4.61. The number of benzene rings is 3. The number of carbonyl (C=O) groups is 4. The third kappa shape index (κ3) is 22.4. The quantitative estimate of drug-likeness (QED) is 0.0308. The molecule has 0 fully saturated rings. The third-order valence-electron chi connectivity index (χ3n) is 7.54. The molecule has 3 aromatic carbocycles. The fourth-order valence-electron chi connectivity index (χ4n) is 4.94. The Hall–Kier alpha value is -4.47. The predicted molar refractivity (Wildman–Crippen MR) is 237 cm³/mol. The van der Waals surface area contributed by atoms with E-state index in [0.717, 1.165) is 53.6 Å². The van der Waals surface area contributed by atoms with Crippen LogP contribution in [-0.4, -0.2) is 109 Å². The Balaban J connectivity index is 0.00000101. The SMILES string of the molecule is CCOC(=O)C(C)OC(=O)c1cc(Oc2ccc(C(F)(F)F)cc2Cl)ccc1[N+](=O)[O-].CCc1cccc(C)c1N(C(=O)CCl)C(C)COC.C[S+](C)C.O=C(O)CNCP(=O)([O-])O. The van der Waals surface area contributed by atoms with E-state index in [-0.39, 0.29) is 41.0 Å². The first-order valence-corrected chi connectivity index (χ1v) is 23.9. The van der Waals surface area contributed by atoms with E-state index in [1.54, 1.807) is 18.9 Å². The van der Waals surface area contributed by atoms with E-state index in [2.05, 4.69) is 31.8 Å². The van der Waals surface area contributed by atoms with E-state index in [4.69, 9.17) is 52.1 Å². The summed E-state index contributed by atoms with van der Waals surface area (Å²) in [5.41, 5.74) is 1.04. The number of rotatable bonds is 17. The Morgan fingerprint density at radius 3 is 2.12 bits per heavy atom. The van der Waals surface area contributed by atoms with Crippen LogP contribution in [0.25, 0.3) is 0 Å². The van der Waals surface area contributed by atoms with Crippen LogP contribution in [0.2, 0.25) is 5.02 Å². The normalized spacial score (nSPS) is 12.6. The number of esters is 2. The first-order valence-electron chi connectivity index (χ1n) is 18.8. The Morgan fingerprint density at radius 2 is 1.66 bits per heavy atom. The molecule has 0 spiro atoms. The predicted octanol–water partition coefficient (Wildman–Crippen LogP) is 6.99. The second kappa shape index (κ2) is 29.1. The number of carboxylic acids is 1. The number of aryl methyl sites for hydroxylation is 2. The number of hydrogen-bond donors (Lipinski definition) is 3. The van der Waals surface area contributed by atoms with Crippen molar-refractivity contribution in [1.82, 2.24) is 5.32 Å². The first kappa shape index (κ1) is 59.5. The molecule has 3 atom stereocenters. The molecule has 0 saturated carbocycles. The molecule has 0 saturated heterocycles. The number of carboxylic acid groups (broad SMARTS) is 1. The number of methoxy groups -OCH3 is 1. The lowest BCUT2D eigenvalue weighted by Gasteiger charge is -2.31. The molecule has 3 unspecified atom stereocenters. The summed E-state index contributed by atoms with van der Waals surface area (Å²) in [6.45, 7) is 8.89. The fraction of sp³-hybridized carbons (Fsp3) is 0.450. The van der Waals surface area contributed by atoms with Crippen LogP contribution in [-0.2, 0) is 56.7 Å². The number of nitrogens with one attached hydrogen (secondary N) is 1. The van der Waals surface area contributed by atoms with E-state index in [1.165, 1.54) is 6.92 Å². The van der Waals surface area contributed by atoms with Crippen LogP contribution < -0.4 is 19.8 Å². The molecule has 0 aliphatic heterocycles. The Bertz CT molecular complexity index is 2060. The molecule has 358 valence electrons. The summed E-state index contributed by atoms with van der Waals surface area (Å²) in [5, 5.41) is 20.8. The number of hydrogen-bond acceptors (Lipinski definition) is 13. The van der Waals surface area contributed by atoms with Gasteiger partial charge in [0.25, 0.3) is 5.69 Å². The molecule has 0 aliphatic rings. The van der Waals surface area contributed by atoms with Crippen LogP contribution in [0.3, 0.4) is 0 Å². The summed E-state index contributed by atoms with van der Waals surface area (Å²) in [6.07, 6.45) is 0.811. The highest BCUT2D eigenvalue weighted by atomic mass is 35.5. The summed E-state index contributed by atoms with van der Waals surface area (Å²) >= 11 is 11.6. The van der Waals surface area contributed by atoms with E-state index < -0.39 is 72.4 Å². The monoisotopic (exact) mass is 989 g/mol. The number of aliphatic carboxylic acids is 1. The smallest absolute Gasteiger partial charge is 0.416 e. The summed E-state index contributed by atoms with van der Waals surface area (Å²) in [6, 6.07) is 11.4. The summed E-state index contributed by atoms with van der Waals surface area (Å²) in [7, 11) is -2.07.